The van der Waals surface area contributed by atoms with Crippen molar-refractivity contribution < 1.29 is 9.90 Å². The Labute approximate surface area is 133 Å². The monoisotopic (exact) mass is 323 g/mol. The van der Waals surface area contributed by atoms with Crippen LogP contribution in [0.25, 0.3) is 0 Å². The molecule has 0 fully saturated rings. The smallest absolute Gasteiger partial charge is 0.274 e. The molecule has 1 aliphatic rings. The number of rotatable bonds is 2. The molecule has 22 heavy (non-hydrogen) atoms. The normalized spacial score (nSPS) is 16.3. The molecule has 118 valence electrons. The Balaban J connectivity index is 1.88. The summed E-state index contributed by atoms with van der Waals surface area (Å²) in [6, 6.07) is 1.85. The highest BCUT2D eigenvalue weighted by molar-refractivity contribution is 6.33. The summed E-state index contributed by atoms with van der Waals surface area (Å²) >= 11 is 6.06. The molecule has 0 spiro atoms. The van der Waals surface area contributed by atoms with Crippen molar-refractivity contribution in [2.75, 3.05) is 6.54 Å². The van der Waals surface area contributed by atoms with Gasteiger partial charge in [-0.1, -0.05) is 11.6 Å². The van der Waals surface area contributed by atoms with Gasteiger partial charge >= 0.3 is 0 Å². The van der Waals surface area contributed by atoms with Crippen LogP contribution in [0.15, 0.2) is 12.3 Å². The van der Waals surface area contributed by atoms with Gasteiger partial charge in [0.25, 0.3) is 5.91 Å². The third-order valence-electron chi connectivity index (χ3n) is 3.84. The van der Waals surface area contributed by atoms with Gasteiger partial charge in [0.15, 0.2) is 0 Å². The molecule has 2 aromatic rings. The summed E-state index contributed by atoms with van der Waals surface area (Å²) in [7, 11) is 1.70. The molecule has 3 heterocycles. The summed E-state index contributed by atoms with van der Waals surface area (Å²) < 4.78 is 3.36. The van der Waals surface area contributed by atoms with Crippen molar-refractivity contribution in [3.05, 3.63) is 34.4 Å². The molecule has 2 aromatic heterocycles. The van der Waals surface area contributed by atoms with Gasteiger partial charge in [0.05, 0.1) is 35.3 Å². The van der Waals surface area contributed by atoms with Crippen LogP contribution >= 0.6 is 11.6 Å². The fourth-order valence-electron chi connectivity index (χ4n) is 2.66. The molecule has 0 aromatic carbocycles. The zero-order valence-corrected chi connectivity index (χ0v) is 13.3. The first-order valence-electron chi connectivity index (χ1n) is 7.19. The number of halogens is 1. The number of hydrogen-bond donors (Lipinski definition) is 1. The minimum atomic E-state index is -0.616. The second-order valence-corrected chi connectivity index (χ2v) is 5.91. The van der Waals surface area contributed by atoms with Crippen LogP contribution in [0.5, 0.6) is 0 Å². The quantitative estimate of drug-likeness (QED) is 0.905. The van der Waals surface area contributed by atoms with Gasteiger partial charge in [-0.2, -0.15) is 10.2 Å². The number of hydrogen-bond acceptors (Lipinski definition) is 4. The van der Waals surface area contributed by atoms with Crippen molar-refractivity contribution in [3.8, 4) is 0 Å². The first kappa shape index (κ1) is 15.1. The van der Waals surface area contributed by atoms with E-state index < -0.39 is 6.10 Å². The lowest BCUT2D eigenvalue weighted by Crippen LogP contribution is -2.32. The lowest BCUT2D eigenvalue weighted by molar-refractivity contribution is 0.0735. The van der Waals surface area contributed by atoms with Gasteiger partial charge in [-0.25, -0.2) is 0 Å². The van der Waals surface area contributed by atoms with Crippen LogP contribution < -0.4 is 0 Å². The van der Waals surface area contributed by atoms with E-state index in [4.69, 9.17) is 11.6 Å². The summed E-state index contributed by atoms with van der Waals surface area (Å²) in [6.45, 7) is 3.49. The number of nitrogens with zero attached hydrogens (tertiary/aromatic N) is 5. The van der Waals surface area contributed by atoms with Gasteiger partial charge < -0.3 is 10.0 Å². The third-order valence-corrected chi connectivity index (χ3v) is 4.12. The molecular weight excluding hydrogens is 306 g/mol. The Hall–Kier alpha value is -1.86. The van der Waals surface area contributed by atoms with E-state index in [0.717, 1.165) is 18.7 Å². The number of carbonyl (C=O) groups excluding carboxylic acids is 1. The van der Waals surface area contributed by atoms with E-state index in [-0.39, 0.29) is 5.91 Å². The van der Waals surface area contributed by atoms with Crippen molar-refractivity contribution in [3.63, 3.8) is 0 Å². The van der Waals surface area contributed by atoms with Crippen LogP contribution in [0.1, 0.15) is 41.3 Å². The van der Waals surface area contributed by atoms with E-state index in [0.29, 0.717) is 29.5 Å². The molecule has 1 aliphatic heterocycles. The highest BCUT2D eigenvalue weighted by Gasteiger charge is 2.26. The molecule has 7 nitrogen and oxygen atoms in total. The van der Waals surface area contributed by atoms with Crippen LogP contribution in [0.3, 0.4) is 0 Å². The summed E-state index contributed by atoms with van der Waals surface area (Å²) in [4.78, 5) is 14.5. The average Bonchev–Trinajstić information content (AvgIpc) is 2.95. The summed E-state index contributed by atoms with van der Waals surface area (Å²) in [5, 5.41) is 18.4. The number of aromatic nitrogens is 4. The number of aliphatic hydroxyl groups excluding tert-OH is 1. The maximum absolute atomic E-state index is 12.7. The van der Waals surface area contributed by atoms with Crippen LogP contribution in [0.2, 0.25) is 5.02 Å². The Morgan fingerprint density at radius 3 is 2.86 bits per heavy atom. The predicted octanol–water partition coefficient (Wildman–Crippen LogP) is 1.37. The topological polar surface area (TPSA) is 76.2 Å². The van der Waals surface area contributed by atoms with E-state index in [1.54, 1.807) is 18.9 Å². The van der Waals surface area contributed by atoms with Crippen molar-refractivity contribution in [2.24, 2.45) is 7.05 Å². The fourth-order valence-corrected chi connectivity index (χ4v) is 2.91. The lowest BCUT2D eigenvalue weighted by Gasteiger charge is -2.20. The third kappa shape index (κ3) is 2.62. The van der Waals surface area contributed by atoms with Crippen LogP contribution in [-0.2, 0) is 20.1 Å². The molecule has 0 radical (unpaired) electrons. The van der Waals surface area contributed by atoms with Crippen molar-refractivity contribution in [2.45, 2.75) is 32.5 Å². The molecule has 1 amide bonds. The molecule has 0 saturated heterocycles. The minimum absolute atomic E-state index is 0.141. The van der Waals surface area contributed by atoms with Crippen LogP contribution in [-0.4, -0.2) is 42.0 Å². The van der Waals surface area contributed by atoms with Gasteiger partial charge in [-0.15, -0.1) is 0 Å². The molecule has 1 atom stereocenters. The summed E-state index contributed by atoms with van der Waals surface area (Å²) in [5.74, 6) is -0.141. The number of amides is 1. The zero-order valence-electron chi connectivity index (χ0n) is 12.5. The first-order chi connectivity index (χ1) is 10.5. The summed E-state index contributed by atoms with van der Waals surface area (Å²) in [5.41, 5.74) is 1.94. The van der Waals surface area contributed by atoms with Gasteiger partial charge in [-0.3, -0.25) is 14.2 Å². The molecule has 0 saturated carbocycles. The second kappa shape index (κ2) is 5.73. The molecule has 0 aliphatic carbocycles. The summed E-state index contributed by atoms with van der Waals surface area (Å²) in [6.07, 6.45) is 1.66. The van der Waals surface area contributed by atoms with E-state index in [2.05, 4.69) is 10.2 Å². The maximum Gasteiger partial charge on any atom is 0.274 e. The number of aryl methyl sites for hydroxylation is 2. The number of fused-ring (bicyclic) bond motifs is 1. The second-order valence-electron chi connectivity index (χ2n) is 5.50. The maximum atomic E-state index is 12.7. The molecule has 1 unspecified atom stereocenters. The molecular formula is C14H18ClN5O2. The molecule has 3 rings (SSSR count). The van der Waals surface area contributed by atoms with Crippen molar-refractivity contribution in [1.82, 2.24) is 24.5 Å². The van der Waals surface area contributed by atoms with E-state index in [1.165, 1.54) is 10.9 Å². The lowest BCUT2D eigenvalue weighted by atomic mass is 10.2. The van der Waals surface area contributed by atoms with Crippen LogP contribution in [0.4, 0.5) is 0 Å². The first-order valence-corrected chi connectivity index (χ1v) is 7.56. The van der Waals surface area contributed by atoms with Gasteiger partial charge in [0, 0.05) is 20.1 Å². The van der Waals surface area contributed by atoms with Gasteiger partial charge in [0.2, 0.25) is 0 Å². The van der Waals surface area contributed by atoms with E-state index in [9.17, 15) is 9.90 Å². The standard InChI is InChI=1S/C14H18ClN5O2/c1-9(21)12-6-10-8-19(4-3-5-20(10)17-12)14(22)13-11(15)7-16-18(13)2/h6-7,9,21H,3-5,8H2,1-2H3. The Morgan fingerprint density at radius 2 is 2.23 bits per heavy atom. The van der Waals surface area contributed by atoms with E-state index in [1.807, 2.05) is 10.7 Å². The average molecular weight is 324 g/mol. The van der Waals surface area contributed by atoms with Crippen molar-refractivity contribution in [1.29, 1.82) is 0 Å². The highest BCUT2D eigenvalue weighted by Crippen LogP contribution is 2.21. The number of aliphatic hydroxyl groups is 1. The fraction of sp³-hybridized carbons (Fsp3) is 0.500. The van der Waals surface area contributed by atoms with Crippen molar-refractivity contribution >= 4 is 17.5 Å². The minimum Gasteiger partial charge on any atom is -0.387 e. The molecule has 1 N–H and O–H groups in total. The van der Waals surface area contributed by atoms with Gasteiger partial charge in [-0.05, 0) is 19.4 Å². The molecule has 0 bridgehead atoms. The Morgan fingerprint density at radius 1 is 1.45 bits per heavy atom. The predicted molar refractivity (Wildman–Crippen MR) is 80.4 cm³/mol. The number of carbonyl (C=O) groups is 1. The largest absolute Gasteiger partial charge is 0.387 e. The Bertz CT molecular complexity index is 687. The molecule has 8 heteroatoms. The zero-order chi connectivity index (χ0) is 15.9. The van der Waals surface area contributed by atoms with E-state index >= 15 is 0 Å². The van der Waals surface area contributed by atoms with Gasteiger partial charge in [0.1, 0.15) is 5.69 Å². The SMILES string of the molecule is CC(O)c1cc2n(n1)CCCN(C(=O)c1c(Cl)cnn1C)C2. The highest BCUT2D eigenvalue weighted by atomic mass is 35.5. The van der Waals surface area contributed by atoms with Crippen LogP contribution in [0, 0.1) is 0 Å². The Kier molecular flexibility index (Phi) is 3.92.